The lowest BCUT2D eigenvalue weighted by molar-refractivity contribution is -0.136. The lowest BCUT2D eigenvalue weighted by atomic mass is 10.0. The molecule has 5 nitrogen and oxygen atoms in total. The molecule has 2 rings (SSSR count). The number of carboxylic acid groups (broad SMARTS) is 1. The van der Waals surface area contributed by atoms with E-state index >= 15 is 0 Å². The number of nitrogens with zero attached hydrogens (tertiary/aromatic N) is 2. The molecule has 1 aromatic carbocycles. The zero-order chi connectivity index (χ0) is 12.1. The fraction of sp³-hybridized carbons (Fsp3) is 0.182. The maximum absolute atomic E-state index is 10.7. The molecule has 0 saturated carbocycles. The first kappa shape index (κ1) is 11.5. The van der Waals surface area contributed by atoms with E-state index in [1.807, 2.05) is 24.3 Å². The molecular weight excluding hydrogens is 238 g/mol. The van der Waals surface area contributed by atoms with Crippen molar-refractivity contribution in [2.75, 3.05) is 5.32 Å². The molecule has 2 N–H and O–H groups in total. The summed E-state index contributed by atoms with van der Waals surface area (Å²) in [7, 11) is 0. The third kappa shape index (κ3) is 3.25. The topological polar surface area (TPSA) is 75.1 Å². The highest BCUT2D eigenvalue weighted by molar-refractivity contribution is 7.13. The summed E-state index contributed by atoms with van der Waals surface area (Å²) in [6.07, 6.45) is 0.0357. The van der Waals surface area contributed by atoms with Crippen molar-refractivity contribution in [3.8, 4) is 0 Å². The van der Waals surface area contributed by atoms with Crippen molar-refractivity contribution in [3.05, 3.63) is 40.9 Å². The molecule has 0 spiro atoms. The first-order valence-electron chi connectivity index (χ1n) is 5.04. The Labute approximate surface area is 102 Å². The molecule has 0 saturated heterocycles. The molecule has 2 aromatic rings. The van der Waals surface area contributed by atoms with E-state index < -0.39 is 5.97 Å². The van der Waals surface area contributed by atoms with Crippen LogP contribution in [-0.2, 0) is 17.8 Å². The van der Waals surface area contributed by atoms with Crippen molar-refractivity contribution in [3.63, 3.8) is 0 Å². The standard InChI is InChI=1S/C11H11N3O2S/c15-10(16)5-8-3-1-2-4-9(8)6-12-11-14-13-7-17-11/h1-4,7H,5-6H2,(H,12,14)(H,15,16). The van der Waals surface area contributed by atoms with Gasteiger partial charge in [0, 0.05) is 6.54 Å². The van der Waals surface area contributed by atoms with Crippen molar-refractivity contribution in [2.24, 2.45) is 0 Å². The van der Waals surface area contributed by atoms with E-state index in [4.69, 9.17) is 5.11 Å². The monoisotopic (exact) mass is 249 g/mol. The number of aromatic nitrogens is 2. The summed E-state index contributed by atoms with van der Waals surface area (Å²) in [5.74, 6) is -0.826. The number of hydrogen-bond donors (Lipinski definition) is 2. The Hall–Kier alpha value is -1.95. The predicted molar refractivity (Wildman–Crippen MR) is 65.0 cm³/mol. The summed E-state index contributed by atoms with van der Waals surface area (Å²) in [5, 5.41) is 20.2. The lowest BCUT2D eigenvalue weighted by Crippen LogP contribution is -2.07. The number of anilines is 1. The van der Waals surface area contributed by atoms with Gasteiger partial charge < -0.3 is 10.4 Å². The highest BCUT2D eigenvalue weighted by atomic mass is 32.1. The van der Waals surface area contributed by atoms with Crippen LogP contribution < -0.4 is 5.32 Å². The fourth-order valence-corrected chi connectivity index (χ4v) is 1.93. The van der Waals surface area contributed by atoms with Crippen molar-refractivity contribution in [2.45, 2.75) is 13.0 Å². The van der Waals surface area contributed by atoms with Gasteiger partial charge in [0.15, 0.2) is 0 Å². The van der Waals surface area contributed by atoms with Crippen LogP contribution in [0, 0.1) is 0 Å². The van der Waals surface area contributed by atoms with E-state index in [1.54, 1.807) is 5.51 Å². The Morgan fingerprint density at radius 2 is 2.12 bits per heavy atom. The van der Waals surface area contributed by atoms with Crippen molar-refractivity contribution < 1.29 is 9.90 Å². The van der Waals surface area contributed by atoms with Gasteiger partial charge in [0.2, 0.25) is 5.13 Å². The van der Waals surface area contributed by atoms with Gasteiger partial charge in [-0.15, -0.1) is 10.2 Å². The van der Waals surface area contributed by atoms with E-state index in [-0.39, 0.29) is 6.42 Å². The van der Waals surface area contributed by atoms with E-state index in [9.17, 15) is 4.79 Å². The quantitative estimate of drug-likeness (QED) is 0.844. The third-order valence-electron chi connectivity index (χ3n) is 2.25. The Kier molecular flexibility index (Phi) is 3.66. The molecule has 0 bridgehead atoms. The Bertz CT molecular complexity index is 499. The zero-order valence-electron chi connectivity index (χ0n) is 8.96. The van der Waals surface area contributed by atoms with Gasteiger partial charge in [-0.3, -0.25) is 4.79 Å². The first-order valence-corrected chi connectivity index (χ1v) is 5.92. The molecule has 0 unspecified atom stereocenters. The van der Waals surface area contributed by atoms with E-state index in [2.05, 4.69) is 15.5 Å². The van der Waals surface area contributed by atoms with Crippen LogP contribution in [0.1, 0.15) is 11.1 Å². The smallest absolute Gasteiger partial charge is 0.307 e. The highest BCUT2D eigenvalue weighted by Gasteiger charge is 2.06. The summed E-state index contributed by atoms with van der Waals surface area (Å²) in [4.78, 5) is 10.7. The van der Waals surface area contributed by atoms with Gasteiger partial charge in [-0.1, -0.05) is 35.6 Å². The number of hydrogen-bond acceptors (Lipinski definition) is 5. The summed E-state index contributed by atoms with van der Waals surface area (Å²) in [6.45, 7) is 0.554. The Balaban J connectivity index is 2.06. The van der Waals surface area contributed by atoms with Crippen molar-refractivity contribution >= 4 is 22.4 Å². The summed E-state index contributed by atoms with van der Waals surface area (Å²) < 4.78 is 0. The van der Waals surface area contributed by atoms with Gasteiger partial charge in [-0.25, -0.2) is 0 Å². The second kappa shape index (κ2) is 5.40. The summed E-state index contributed by atoms with van der Waals surface area (Å²) in [6, 6.07) is 7.47. The number of rotatable bonds is 5. The summed E-state index contributed by atoms with van der Waals surface area (Å²) in [5.41, 5.74) is 3.42. The molecule has 0 aliphatic carbocycles. The normalized spacial score (nSPS) is 10.1. The van der Waals surface area contributed by atoms with E-state index in [0.29, 0.717) is 6.54 Å². The minimum atomic E-state index is -0.826. The van der Waals surface area contributed by atoms with Crippen LogP contribution in [0.4, 0.5) is 5.13 Å². The van der Waals surface area contributed by atoms with Gasteiger partial charge in [0.25, 0.3) is 0 Å². The molecule has 0 radical (unpaired) electrons. The summed E-state index contributed by atoms with van der Waals surface area (Å²) >= 11 is 1.41. The number of carbonyl (C=O) groups is 1. The average molecular weight is 249 g/mol. The molecule has 0 fully saturated rings. The second-order valence-corrected chi connectivity index (χ2v) is 4.27. The number of aliphatic carboxylic acids is 1. The Morgan fingerprint density at radius 1 is 1.35 bits per heavy atom. The van der Waals surface area contributed by atoms with Gasteiger partial charge >= 0.3 is 5.97 Å². The second-order valence-electron chi connectivity index (χ2n) is 3.44. The van der Waals surface area contributed by atoms with Crippen molar-refractivity contribution in [1.82, 2.24) is 10.2 Å². The van der Waals surface area contributed by atoms with Crippen LogP contribution in [0.15, 0.2) is 29.8 Å². The SMILES string of the molecule is O=C(O)Cc1ccccc1CNc1nncs1. The first-order chi connectivity index (χ1) is 8.25. The van der Waals surface area contributed by atoms with E-state index in [0.717, 1.165) is 16.3 Å². The molecule has 1 aromatic heterocycles. The molecule has 6 heteroatoms. The largest absolute Gasteiger partial charge is 0.481 e. The van der Waals surface area contributed by atoms with Crippen LogP contribution in [0.2, 0.25) is 0 Å². The maximum atomic E-state index is 10.7. The molecule has 17 heavy (non-hydrogen) atoms. The van der Waals surface area contributed by atoms with Crippen LogP contribution >= 0.6 is 11.3 Å². The molecular formula is C11H11N3O2S. The Morgan fingerprint density at radius 3 is 2.76 bits per heavy atom. The molecule has 0 atom stereocenters. The van der Waals surface area contributed by atoms with E-state index in [1.165, 1.54) is 11.3 Å². The predicted octanol–water partition coefficient (Wildman–Crippen LogP) is 1.78. The van der Waals surface area contributed by atoms with Gasteiger partial charge in [-0.05, 0) is 11.1 Å². The minimum absolute atomic E-state index is 0.0357. The molecule has 0 aliphatic rings. The number of carboxylic acids is 1. The minimum Gasteiger partial charge on any atom is -0.481 e. The van der Waals surface area contributed by atoms with Crippen LogP contribution in [-0.4, -0.2) is 21.3 Å². The van der Waals surface area contributed by atoms with Gasteiger partial charge in [0.1, 0.15) is 5.51 Å². The van der Waals surface area contributed by atoms with Crippen LogP contribution in [0.3, 0.4) is 0 Å². The van der Waals surface area contributed by atoms with Crippen LogP contribution in [0.5, 0.6) is 0 Å². The lowest BCUT2D eigenvalue weighted by Gasteiger charge is -2.07. The molecule has 88 valence electrons. The third-order valence-corrected chi connectivity index (χ3v) is 2.90. The average Bonchev–Trinajstić information content (AvgIpc) is 2.80. The zero-order valence-corrected chi connectivity index (χ0v) is 9.78. The number of nitrogens with one attached hydrogen (secondary N) is 1. The molecule has 0 amide bonds. The fourth-order valence-electron chi connectivity index (χ4n) is 1.49. The van der Waals surface area contributed by atoms with Gasteiger partial charge in [-0.2, -0.15) is 0 Å². The van der Waals surface area contributed by atoms with Crippen molar-refractivity contribution in [1.29, 1.82) is 0 Å². The molecule has 1 heterocycles. The molecule has 0 aliphatic heterocycles. The van der Waals surface area contributed by atoms with Crippen LogP contribution in [0.25, 0.3) is 0 Å². The number of benzene rings is 1. The highest BCUT2D eigenvalue weighted by Crippen LogP contribution is 2.14. The maximum Gasteiger partial charge on any atom is 0.307 e. The van der Waals surface area contributed by atoms with Gasteiger partial charge in [0.05, 0.1) is 6.42 Å².